The predicted molar refractivity (Wildman–Crippen MR) is 60.0 cm³/mol. The normalized spacial score (nSPS) is 11.1. The Balaban J connectivity index is 2.46. The van der Waals surface area contributed by atoms with Gasteiger partial charge in [0.2, 0.25) is 0 Å². The highest BCUT2D eigenvalue weighted by atomic mass is 28.3. The van der Waals surface area contributed by atoms with E-state index in [0.29, 0.717) is 6.61 Å². The first-order valence-electron chi connectivity index (χ1n) is 4.71. The van der Waals surface area contributed by atoms with E-state index in [0.717, 1.165) is 5.56 Å². The molecule has 0 aliphatic rings. The second-order valence-corrected chi connectivity index (χ2v) is 9.22. The van der Waals surface area contributed by atoms with Gasteiger partial charge in [-0.2, -0.15) is 0 Å². The van der Waals surface area contributed by atoms with Crippen LogP contribution in [0, 0.1) is 0 Å². The van der Waals surface area contributed by atoms with Crippen molar-refractivity contribution >= 4 is 13.7 Å². The van der Waals surface area contributed by atoms with Gasteiger partial charge in [-0.3, -0.25) is 4.79 Å². The Morgan fingerprint density at radius 3 is 2.29 bits per heavy atom. The summed E-state index contributed by atoms with van der Waals surface area (Å²) in [5.41, 5.74) is 1.01. The quantitative estimate of drug-likeness (QED) is 0.713. The molecule has 1 aromatic carbocycles. The van der Waals surface area contributed by atoms with Crippen LogP contribution in [0.4, 0.5) is 4.79 Å². The number of carbonyl (C=O) groups is 1. The zero-order chi connectivity index (χ0) is 10.6. The highest BCUT2D eigenvalue weighted by Gasteiger charge is 2.25. The second kappa shape index (κ2) is 4.42. The van der Waals surface area contributed by atoms with Gasteiger partial charge in [0, 0.05) is 0 Å². The Bertz CT molecular complexity index is 301. The van der Waals surface area contributed by atoms with Crippen LogP contribution >= 0.6 is 0 Å². The Labute approximate surface area is 85.9 Å². The highest BCUT2D eigenvalue weighted by Crippen LogP contribution is 2.08. The lowest BCUT2D eigenvalue weighted by Crippen LogP contribution is -2.33. The van der Waals surface area contributed by atoms with E-state index in [9.17, 15) is 4.79 Å². The number of carbonyl (C=O) groups excluding carboxylic acids is 1. The maximum atomic E-state index is 11.5. The third-order valence-electron chi connectivity index (χ3n) is 1.83. The van der Waals surface area contributed by atoms with Gasteiger partial charge in [0.05, 0.1) is 0 Å². The van der Waals surface area contributed by atoms with Crippen LogP contribution in [0.15, 0.2) is 30.3 Å². The average Bonchev–Trinajstić information content (AvgIpc) is 2.14. The molecule has 0 aliphatic heterocycles. The fourth-order valence-electron chi connectivity index (χ4n) is 0.940. The molecule has 2 nitrogen and oxygen atoms in total. The minimum absolute atomic E-state index is 0.0265. The van der Waals surface area contributed by atoms with Crippen molar-refractivity contribution in [2.75, 3.05) is 0 Å². The minimum atomic E-state index is -1.78. The Morgan fingerprint density at radius 1 is 1.21 bits per heavy atom. The van der Waals surface area contributed by atoms with E-state index in [1.54, 1.807) is 0 Å². The predicted octanol–water partition coefficient (Wildman–Crippen LogP) is 3.24. The first kappa shape index (κ1) is 11.0. The summed E-state index contributed by atoms with van der Waals surface area (Å²) in [7, 11) is -1.78. The van der Waals surface area contributed by atoms with Gasteiger partial charge in [-0.15, -0.1) is 0 Å². The Morgan fingerprint density at radius 2 is 1.79 bits per heavy atom. The van der Waals surface area contributed by atoms with Gasteiger partial charge in [0.1, 0.15) is 6.61 Å². The molecule has 0 N–H and O–H groups in total. The van der Waals surface area contributed by atoms with Gasteiger partial charge in [0.15, 0.2) is 8.07 Å². The third kappa shape index (κ3) is 3.34. The summed E-state index contributed by atoms with van der Waals surface area (Å²) in [6, 6.07) is 9.74. The molecule has 0 spiro atoms. The molecule has 0 aromatic heterocycles. The molecule has 76 valence electrons. The molecule has 0 saturated carbocycles. The van der Waals surface area contributed by atoms with Crippen molar-refractivity contribution in [3.8, 4) is 0 Å². The molecule has 1 rings (SSSR count). The highest BCUT2D eigenvalue weighted by molar-refractivity contribution is 7.02. The summed E-state index contributed by atoms with van der Waals surface area (Å²) < 4.78 is 5.22. The summed E-state index contributed by atoms with van der Waals surface area (Å²) >= 11 is 0. The molecule has 0 fully saturated rings. The van der Waals surface area contributed by atoms with E-state index >= 15 is 0 Å². The van der Waals surface area contributed by atoms with Gasteiger partial charge in [0.25, 0.3) is 5.59 Å². The number of ether oxygens (including phenoxy) is 1. The van der Waals surface area contributed by atoms with Crippen molar-refractivity contribution < 1.29 is 9.53 Å². The third-order valence-corrected chi connectivity index (χ3v) is 3.19. The SMILES string of the molecule is C[Si](C)(C)C(=O)OCc1ccccc1. The van der Waals surface area contributed by atoms with Crippen LogP contribution in [0.5, 0.6) is 0 Å². The molecule has 0 aliphatic carbocycles. The first-order valence-corrected chi connectivity index (χ1v) is 8.21. The molecule has 0 saturated heterocycles. The number of hydrogen-bond donors (Lipinski definition) is 0. The standard InChI is InChI=1S/C11H16O2Si/c1-14(2,3)11(12)13-9-10-7-5-4-6-8-10/h4-8H,9H2,1-3H3. The van der Waals surface area contributed by atoms with E-state index in [1.807, 2.05) is 50.0 Å². The van der Waals surface area contributed by atoms with Crippen LogP contribution in [-0.4, -0.2) is 13.7 Å². The second-order valence-electron chi connectivity index (χ2n) is 4.31. The zero-order valence-corrected chi connectivity index (χ0v) is 9.91. The maximum absolute atomic E-state index is 11.5. The van der Waals surface area contributed by atoms with Crippen molar-refractivity contribution in [2.45, 2.75) is 26.2 Å². The first-order chi connectivity index (χ1) is 6.50. The summed E-state index contributed by atoms with van der Waals surface area (Å²) in [6.45, 7) is 6.35. The van der Waals surface area contributed by atoms with Crippen molar-refractivity contribution in [1.29, 1.82) is 0 Å². The number of hydrogen-bond acceptors (Lipinski definition) is 2. The molecular formula is C11H16O2Si. The fraction of sp³-hybridized carbons (Fsp3) is 0.364. The van der Waals surface area contributed by atoms with Crippen molar-refractivity contribution in [2.24, 2.45) is 0 Å². The number of benzene rings is 1. The Hall–Kier alpha value is -1.09. The van der Waals surface area contributed by atoms with Gasteiger partial charge in [-0.25, -0.2) is 0 Å². The lowest BCUT2D eigenvalue weighted by Gasteiger charge is -2.14. The van der Waals surface area contributed by atoms with Gasteiger partial charge in [-0.05, 0) is 5.56 Å². The van der Waals surface area contributed by atoms with E-state index in [2.05, 4.69) is 0 Å². The van der Waals surface area contributed by atoms with Crippen LogP contribution in [-0.2, 0) is 11.3 Å². The van der Waals surface area contributed by atoms with E-state index < -0.39 is 8.07 Å². The zero-order valence-electron chi connectivity index (χ0n) is 8.91. The molecule has 3 heteroatoms. The minimum Gasteiger partial charge on any atom is -0.465 e. The average molecular weight is 208 g/mol. The molecule has 0 heterocycles. The van der Waals surface area contributed by atoms with Crippen molar-refractivity contribution in [3.63, 3.8) is 0 Å². The van der Waals surface area contributed by atoms with Crippen LogP contribution < -0.4 is 0 Å². The van der Waals surface area contributed by atoms with Gasteiger partial charge >= 0.3 is 0 Å². The molecule has 0 amide bonds. The summed E-state index contributed by atoms with van der Waals surface area (Å²) in [4.78, 5) is 11.5. The molecule has 0 radical (unpaired) electrons. The lowest BCUT2D eigenvalue weighted by atomic mass is 10.2. The maximum Gasteiger partial charge on any atom is 0.271 e. The molecule has 0 bridgehead atoms. The summed E-state index contributed by atoms with van der Waals surface area (Å²) in [5.74, 6) is 0. The summed E-state index contributed by atoms with van der Waals surface area (Å²) in [6.07, 6.45) is 0. The Kier molecular flexibility index (Phi) is 3.47. The van der Waals surface area contributed by atoms with Crippen LogP contribution in [0.25, 0.3) is 0 Å². The topological polar surface area (TPSA) is 26.3 Å². The largest absolute Gasteiger partial charge is 0.465 e. The monoisotopic (exact) mass is 208 g/mol. The van der Waals surface area contributed by atoms with E-state index in [1.165, 1.54) is 0 Å². The van der Waals surface area contributed by atoms with Crippen molar-refractivity contribution in [3.05, 3.63) is 35.9 Å². The summed E-state index contributed by atoms with van der Waals surface area (Å²) in [5, 5.41) is 0. The number of rotatable bonds is 3. The van der Waals surface area contributed by atoms with Crippen LogP contribution in [0.2, 0.25) is 19.6 Å². The lowest BCUT2D eigenvalue weighted by molar-refractivity contribution is 0.164. The molecule has 14 heavy (non-hydrogen) atoms. The van der Waals surface area contributed by atoms with Gasteiger partial charge < -0.3 is 4.74 Å². The molecule has 0 atom stereocenters. The molecule has 1 aromatic rings. The van der Waals surface area contributed by atoms with Crippen molar-refractivity contribution in [1.82, 2.24) is 0 Å². The smallest absolute Gasteiger partial charge is 0.271 e. The van der Waals surface area contributed by atoms with E-state index in [4.69, 9.17) is 4.74 Å². The van der Waals surface area contributed by atoms with Crippen LogP contribution in [0.1, 0.15) is 5.56 Å². The van der Waals surface area contributed by atoms with Crippen LogP contribution in [0.3, 0.4) is 0 Å². The van der Waals surface area contributed by atoms with Gasteiger partial charge in [-0.1, -0.05) is 50.0 Å². The molecule has 0 unspecified atom stereocenters. The van der Waals surface area contributed by atoms with E-state index in [-0.39, 0.29) is 5.59 Å². The fourth-order valence-corrected chi connectivity index (χ4v) is 1.44. The molecular weight excluding hydrogens is 192 g/mol.